The molecule has 1 saturated carbocycles. The maximum Gasteiger partial charge on any atom is 0.407 e. The van der Waals surface area contributed by atoms with E-state index in [1.165, 1.54) is 0 Å². The number of carbonyl (C=O) groups is 1. The van der Waals surface area contributed by atoms with E-state index in [4.69, 9.17) is 14.2 Å². The van der Waals surface area contributed by atoms with Crippen LogP contribution in [0.3, 0.4) is 0 Å². The average molecular weight is 473 g/mol. The molecule has 1 fully saturated rings. The fourth-order valence-corrected chi connectivity index (χ4v) is 3.93. The molecule has 164 valence electrons. The predicted octanol–water partition coefficient (Wildman–Crippen LogP) is 4.17. The van der Waals surface area contributed by atoms with Gasteiger partial charge in [0.15, 0.2) is 0 Å². The van der Waals surface area contributed by atoms with Crippen LogP contribution in [0, 0.1) is 0 Å². The zero-order chi connectivity index (χ0) is 21.6. The molecule has 0 radical (unpaired) electrons. The molecule has 0 saturated heterocycles. The Labute approximate surface area is 181 Å². The van der Waals surface area contributed by atoms with Crippen LogP contribution in [0.2, 0.25) is 0 Å². The Morgan fingerprint density at radius 1 is 1.31 bits per heavy atom. The van der Waals surface area contributed by atoms with E-state index in [9.17, 15) is 9.59 Å². The van der Waals surface area contributed by atoms with Gasteiger partial charge in [-0.2, -0.15) is 0 Å². The third kappa shape index (κ3) is 7.75. The highest BCUT2D eigenvalue weighted by atomic mass is 79.9. The first kappa shape index (κ1) is 23.9. The van der Waals surface area contributed by atoms with E-state index in [-0.39, 0.29) is 23.7 Å². The van der Waals surface area contributed by atoms with E-state index in [0.29, 0.717) is 17.7 Å². The van der Waals surface area contributed by atoms with Crippen molar-refractivity contribution in [3.05, 3.63) is 32.7 Å². The van der Waals surface area contributed by atoms with Crippen LogP contribution in [0.5, 0.6) is 0 Å². The van der Waals surface area contributed by atoms with Crippen LogP contribution in [0.25, 0.3) is 0 Å². The molecule has 1 N–H and O–H groups in total. The maximum absolute atomic E-state index is 12.6. The topological polar surface area (TPSA) is 78.8 Å². The molecular weight excluding hydrogens is 440 g/mol. The second-order valence-corrected chi connectivity index (χ2v) is 9.49. The molecule has 1 aliphatic rings. The van der Waals surface area contributed by atoms with Crippen LogP contribution >= 0.6 is 15.9 Å². The van der Waals surface area contributed by atoms with Crippen molar-refractivity contribution in [3.63, 3.8) is 0 Å². The normalized spacial score (nSPS) is 20.9. The molecule has 0 bridgehead atoms. The van der Waals surface area contributed by atoms with Crippen molar-refractivity contribution < 1.29 is 19.0 Å². The quantitative estimate of drug-likeness (QED) is 0.643. The average Bonchev–Trinajstić information content (AvgIpc) is 2.63. The highest BCUT2D eigenvalue weighted by Gasteiger charge is 2.23. The highest BCUT2D eigenvalue weighted by molar-refractivity contribution is 9.10. The van der Waals surface area contributed by atoms with Gasteiger partial charge in [-0.1, -0.05) is 0 Å². The zero-order valence-electron chi connectivity index (χ0n) is 18.0. The molecule has 1 aliphatic carbocycles. The van der Waals surface area contributed by atoms with Gasteiger partial charge < -0.3 is 24.1 Å². The molecule has 1 atom stereocenters. The number of nitrogens with zero attached hydrogens (tertiary/aromatic N) is 1. The summed E-state index contributed by atoms with van der Waals surface area (Å²) in [5.41, 5.74) is 0.358. The number of halogens is 1. The predicted molar refractivity (Wildman–Crippen MR) is 115 cm³/mol. The summed E-state index contributed by atoms with van der Waals surface area (Å²) in [4.78, 5) is 24.4. The molecule has 2 rings (SSSR count). The number of rotatable bonds is 7. The minimum atomic E-state index is -0.535. The summed E-state index contributed by atoms with van der Waals surface area (Å²) in [6.45, 7) is 8.02. The molecule has 1 aromatic heterocycles. The molecule has 8 heteroatoms. The minimum absolute atomic E-state index is 0.0189. The SMILES string of the molecule is COC1CCC(n2cc(COC[C@@H](C)NC(=O)OC(C)(C)C)cc(Br)c2=O)CC1. The van der Waals surface area contributed by atoms with Crippen molar-refractivity contribution in [3.8, 4) is 0 Å². The van der Waals surface area contributed by atoms with Crippen molar-refractivity contribution in [1.29, 1.82) is 0 Å². The molecule has 0 spiro atoms. The second kappa shape index (κ2) is 10.6. The van der Waals surface area contributed by atoms with Gasteiger partial charge in [0, 0.05) is 19.3 Å². The lowest BCUT2D eigenvalue weighted by Crippen LogP contribution is -2.39. The van der Waals surface area contributed by atoms with Gasteiger partial charge in [-0.05, 0) is 80.9 Å². The zero-order valence-corrected chi connectivity index (χ0v) is 19.6. The van der Waals surface area contributed by atoms with Crippen LogP contribution in [-0.2, 0) is 20.8 Å². The number of hydrogen-bond acceptors (Lipinski definition) is 5. The molecule has 29 heavy (non-hydrogen) atoms. The second-order valence-electron chi connectivity index (χ2n) is 8.64. The summed E-state index contributed by atoms with van der Waals surface area (Å²) in [7, 11) is 1.74. The van der Waals surface area contributed by atoms with Crippen molar-refractivity contribution in [1.82, 2.24) is 9.88 Å². The van der Waals surface area contributed by atoms with E-state index in [2.05, 4.69) is 21.2 Å². The summed E-state index contributed by atoms with van der Waals surface area (Å²) in [5, 5.41) is 2.75. The maximum atomic E-state index is 12.6. The molecular formula is C21H33BrN2O5. The number of pyridine rings is 1. The van der Waals surface area contributed by atoms with Crippen molar-refractivity contribution in [2.75, 3.05) is 13.7 Å². The Kier molecular flexibility index (Phi) is 8.73. The Morgan fingerprint density at radius 3 is 2.55 bits per heavy atom. The van der Waals surface area contributed by atoms with E-state index in [1.54, 1.807) is 13.2 Å². The van der Waals surface area contributed by atoms with Crippen LogP contribution in [0.4, 0.5) is 4.79 Å². The minimum Gasteiger partial charge on any atom is -0.444 e. The number of aromatic nitrogens is 1. The van der Waals surface area contributed by atoms with Crippen molar-refractivity contribution in [2.45, 2.75) is 83.8 Å². The molecule has 0 aromatic carbocycles. The van der Waals surface area contributed by atoms with Gasteiger partial charge in [0.05, 0.1) is 29.8 Å². The monoisotopic (exact) mass is 472 g/mol. The van der Waals surface area contributed by atoms with E-state index in [0.717, 1.165) is 31.2 Å². The largest absolute Gasteiger partial charge is 0.444 e. The fourth-order valence-electron chi connectivity index (χ4n) is 3.44. The molecule has 0 aliphatic heterocycles. The van der Waals surface area contributed by atoms with E-state index in [1.807, 2.05) is 38.5 Å². The van der Waals surface area contributed by atoms with E-state index < -0.39 is 11.7 Å². The van der Waals surface area contributed by atoms with Gasteiger partial charge in [-0.25, -0.2) is 4.79 Å². The number of hydrogen-bond donors (Lipinski definition) is 1. The Morgan fingerprint density at radius 2 is 1.97 bits per heavy atom. The first-order valence-corrected chi connectivity index (χ1v) is 10.9. The van der Waals surface area contributed by atoms with Crippen LogP contribution in [-0.4, -0.2) is 42.1 Å². The smallest absolute Gasteiger partial charge is 0.407 e. The van der Waals surface area contributed by atoms with Gasteiger partial charge in [0.25, 0.3) is 5.56 Å². The summed E-state index contributed by atoms with van der Waals surface area (Å²) in [6.07, 6.45) is 5.47. The molecule has 0 unspecified atom stereocenters. The summed E-state index contributed by atoms with van der Waals surface area (Å²) in [5.74, 6) is 0. The van der Waals surface area contributed by atoms with Crippen LogP contribution in [0.15, 0.2) is 21.5 Å². The van der Waals surface area contributed by atoms with Gasteiger partial charge in [0.2, 0.25) is 0 Å². The van der Waals surface area contributed by atoms with Gasteiger partial charge in [-0.3, -0.25) is 4.79 Å². The highest BCUT2D eigenvalue weighted by Crippen LogP contribution is 2.29. The summed E-state index contributed by atoms with van der Waals surface area (Å²) >= 11 is 3.38. The lowest BCUT2D eigenvalue weighted by molar-refractivity contribution is 0.0441. The summed E-state index contributed by atoms with van der Waals surface area (Å²) < 4.78 is 18.8. The lowest BCUT2D eigenvalue weighted by Gasteiger charge is -2.29. The fraction of sp³-hybridized carbons (Fsp3) is 0.714. The standard InChI is InChI=1S/C21H33BrN2O5/c1-14(23-20(26)29-21(2,3)4)12-28-13-15-10-18(22)19(25)24(11-15)16-6-8-17(27-5)9-7-16/h10-11,14,16-17H,6-9,12-13H2,1-5H3,(H,23,26)/t14-,16?,17?/m1/s1. The summed E-state index contributed by atoms with van der Waals surface area (Å²) in [6, 6.07) is 1.78. The number of nitrogens with one attached hydrogen (secondary N) is 1. The number of ether oxygens (including phenoxy) is 3. The number of alkyl carbamates (subject to hydrolysis) is 1. The molecule has 1 amide bonds. The van der Waals surface area contributed by atoms with E-state index >= 15 is 0 Å². The van der Waals surface area contributed by atoms with Gasteiger partial charge in [-0.15, -0.1) is 0 Å². The van der Waals surface area contributed by atoms with Crippen molar-refractivity contribution in [2.24, 2.45) is 0 Å². The lowest BCUT2D eigenvalue weighted by atomic mass is 9.92. The van der Waals surface area contributed by atoms with Crippen molar-refractivity contribution >= 4 is 22.0 Å². The third-order valence-corrected chi connectivity index (χ3v) is 5.39. The van der Waals surface area contributed by atoms with Crippen LogP contribution < -0.4 is 10.9 Å². The Hall–Kier alpha value is -1.38. The number of methoxy groups -OCH3 is 1. The first-order valence-electron chi connectivity index (χ1n) is 10.1. The number of carbonyl (C=O) groups excluding carboxylic acids is 1. The third-order valence-electron chi connectivity index (χ3n) is 4.83. The Balaban J connectivity index is 1.90. The molecule has 7 nitrogen and oxygen atoms in total. The van der Waals surface area contributed by atoms with Gasteiger partial charge >= 0.3 is 6.09 Å². The number of amides is 1. The van der Waals surface area contributed by atoms with Crippen LogP contribution in [0.1, 0.15) is 65.0 Å². The molecule has 1 heterocycles. The molecule has 1 aromatic rings. The first-order chi connectivity index (χ1) is 13.6. The Bertz CT molecular complexity index is 736. The van der Waals surface area contributed by atoms with Gasteiger partial charge in [0.1, 0.15) is 5.60 Å².